The van der Waals surface area contributed by atoms with Crippen molar-refractivity contribution in [3.05, 3.63) is 35.6 Å². The molecule has 1 aliphatic heterocycles. The van der Waals surface area contributed by atoms with Crippen LogP contribution in [0.3, 0.4) is 0 Å². The van der Waals surface area contributed by atoms with Crippen molar-refractivity contribution in [2.45, 2.75) is 38.5 Å². The molecule has 3 atom stereocenters. The van der Waals surface area contributed by atoms with Gasteiger partial charge in [-0.1, -0.05) is 18.2 Å². The third-order valence-corrected chi connectivity index (χ3v) is 2.99. The lowest BCUT2D eigenvalue weighted by molar-refractivity contribution is 0.00540. The molecule has 0 saturated carbocycles. The fourth-order valence-electron chi connectivity index (χ4n) is 2.19. The Hall–Kier alpha value is -0.930. The zero-order valence-corrected chi connectivity index (χ0v) is 9.74. The van der Waals surface area contributed by atoms with Crippen molar-refractivity contribution < 1.29 is 9.13 Å². The van der Waals surface area contributed by atoms with E-state index in [2.05, 4.69) is 12.2 Å². The van der Waals surface area contributed by atoms with Crippen LogP contribution < -0.4 is 5.32 Å². The van der Waals surface area contributed by atoms with Gasteiger partial charge in [0.1, 0.15) is 5.82 Å². The molecule has 1 aliphatic rings. The Bertz CT molecular complexity index is 356. The first-order chi connectivity index (χ1) is 7.66. The molecule has 1 heterocycles. The van der Waals surface area contributed by atoms with E-state index in [1.165, 1.54) is 6.07 Å². The first-order valence-corrected chi connectivity index (χ1v) is 5.80. The first-order valence-electron chi connectivity index (χ1n) is 5.80. The van der Waals surface area contributed by atoms with Crippen molar-refractivity contribution in [2.75, 3.05) is 6.54 Å². The van der Waals surface area contributed by atoms with Crippen LogP contribution >= 0.6 is 0 Å². The third kappa shape index (κ3) is 2.60. The van der Waals surface area contributed by atoms with Crippen LogP contribution in [0.2, 0.25) is 0 Å². The summed E-state index contributed by atoms with van der Waals surface area (Å²) in [5.41, 5.74) is 0.649. The van der Waals surface area contributed by atoms with Gasteiger partial charge >= 0.3 is 0 Å². The van der Waals surface area contributed by atoms with Gasteiger partial charge in [0.05, 0.1) is 12.2 Å². The second-order valence-electron chi connectivity index (χ2n) is 4.50. The van der Waals surface area contributed by atoms with Gasteiger partial charge in [0, 0.05) is 18.2 Å². The van der Waals surface area contributed by atoms with Crippen LogP contribution in [0.15, 0.2) is 24.3 Å². The number of hydrogen-bond donors (Lipinski definition) is 1. The molecule has 2 nitrogen and oxygen atoms in total. The summed E-state index contributed by atoms with van der Waals surface area (Å²) in [6.07, 6.45) is 0.945. The molecule has 0 aromatic heterocycles. The second-order valence-corrected chi connectivity index (χ2v) is 4.50. The summed E-state index contributed by atoms with van der Waals surface area (Å²) in [6, 6.07) is 7.25. The van der Waals surface area contributed by atoms with E-state index in [0.29, 0.717) is 18.2 Å². The molecule has 1 fully saturated rings. The average molecular weight is 223 g/mol. The van der Waals surface area contributed by atoms with Gasteiger partial charge in [-0.3, -0.25) is 0 Å². The molecule has 88 valence electrons. The normalized spacial score (nSPS) is 31.1. The molecule has 3 heteroatoms. The highest BCUT2D eigenvalue weighted by atomic mass is 19.1. The Morgan fingerprint density at radius 2 is 2.06 bits per heavy atom. The summed E-state index contributed by atoms with van der Waals surface area (Å²) in [7, 11) is 0. The smallest absolute Gasteiger partial charge is 0.129 e. The fraction of sp³-hybridized carbons (Fsp3) is 0.538. The molecule has 0 spiro atoms. The molecule has 0 radical (unpaired) electrons. The van der Waals surface area contributed by atoms with E-state index in [9.17, 15) is 4.39 Å². The Morgan fingerprint density at radius 3 is 2.81 bits per heavy atom. The van der Waals surface area contributed by atoms with E-state index < -0.39 is 0 Å². The van der Waals surface area contributed by atoms with E-state index >= 15 is 0 Å². The Labute approximate surface area is 95.8 Å². The van der Waals surface area contributed by atoms with Gasteiger partial charge in [-0.15, -0.1) is 0 Å². The summed E-state index contributed by atoms with van der Waals surface area (Å²) in [6.45, 7) is 4.84. The van der Waals surface area contributed by atoms with E-state index in [1.807, 2.05) is 13.0 Å². The lowest BCUT2D eigenvalue weighted by atomic mass is 10.1. The molecule has 1 saturated heterocycles. The number of benzene rings is 1. The van der Waals surface area contributed by atoms with Crippen LogP contribution in [0.4, 0.5) is 4.39 Å². The van der Waals surface area contributed by atoms with Crippen molar-refractivity contribution >= 4 is 0 Å². The lowest BCUT2D eigenvalue weighted by Gasteiger charge is -2.19. The van der Waals surface area contributed by atoms with E-state index in [-0.39, 0.29) is 18.0 Å². The molecule has 0 bridgehead atoms. The van der Waals surface area contributed by atoms with Crippen LogP contribution in [0.25, 0.3) is 0 Å². The minimum Gasteiger partial charge on any atom is -0.369 e. The summed E-state index contributed by atoms with van der Waals surface area (Å²) in [5, 5.41) is 3.36. The molecular formula is C13H18FNO. The molecule has 1 aromatic carbocycles. The molecule has 0 aliphatic carbocycles. The Morgan fingerprint density at radius 1 is 1.31 bits per heavy atom. The fourth-order valence-corrected chi connectivity index (χ4v) is 2.19. The van der Waals surface area contributed by atoms with Crippen LogP contribution in [-0.4, -0.2) is 18.7 Å². The largest absolute Gasteiger partial charge is 0.369 e. The highest BCUT2D eigenvalue weighted by molar-refractivity contribution is 5.20. The number of rotatable bonds is 1. The molecule has 1 N–H and O–H groups in total. The Kier molecular flexibility index (Phi) is 3.56. The first kappa shape index (κ1) is 11.6. The van der Waals surface area contributed by atoms with Gasteiger partial charge < -0.3 is 10.1 Å². The van der Waals surface area contributed by atoms with Gasteiger partial charge in [0.2, 0.25) is 0 Å². The average Bonchev–Trinajstić information content (AvgIpc) is 2.40. The summed E-state index contributed by atoms with van der Waals surface area (Å²) in [5.74, 6) is -0.184. The second kappa shape index (κ2) is 4.93. The topological polar surface area (TPSA) is 21.3 Å². The third-order valence-electron chi connectivity index (χ3n) is 2.99. The van der Waals surface area contributed by atoms with E-state index in [1.54, 1.807) is 12.1 Å². The van der Waals surface area contributed by atoms with E-state index in [0.717, 1.165) is 6.42 Å². The monoisotopic (exact) mass is 223 g/mol. The van der Waals surface area contributed by atoms with Crippen molar-refractivity contribution in [3.8, 4) is 0 Å². The predicted molar refractivity (Wildman–Crippen MR) is 61.8 cm³/mol. The van der Waals surface area contributed by atoms with Crippen LogP contribution in [0.1, 0.15) is 31.9 Å². The Balaban J connectivity index is 2.17. The standard InChI is InChI=1S/C13H18FNO/c1-9-7-10(2)16-13(8-15-9)11-5-3-4-6-12(11)14/h3-6,9-10,13,15H,7-8H2,1-2H3. The number of ether oxygens (including phenoxy) is 1. The molecule has 0 amide bonds. The van der Waals surface area contributed by atoms with Crippen LogP contribution in [-0.2, 0) is 4.74 Å². The van der Waals surface area contributed by atoms with Gasteiger partial charge in [0.25, 0.3) is 0 Å². The van der Waals surface area contributed by atoms with Crippen LogP contribution in [0, 0.1) is 5.82 Å². The highest BCUT2D eigenvalue weighted by Gasteiger charge is 2.23. The maximum absolute atomic E-state index is 13.6. The van der Waals surface area contributed by atoms with Crippen molar-refractivity contribution in [3.63, 3.8) is 0 Å². The molecule has 16 heavy (non-hydrogen) atoms. The predicted octanol–water partition coefficient (Wildman–Crippen LogP) is 2.65. The minimum absolute atomic E-state index is 0.162. The van der Waals surface area contributed by atoms with Crippen molar-refractivity contribution in [1.29, 1.82) is 0 Å². The lowest BCUT2D eigenvalue weighted by Crippen LogP contribution is -2.28. The minimum atomic E-state index is -0.184. The van der Waals surface area contributed by atoms with Gasteiger partial charge in [-0.2, -0.15) is 0 Å². The maximum atomic E-state index is 13.6. The van der Waals surface area contributed by atoms with Gasteiger partial charge in [0.15, 0.2) is 0 Å². The molecule has 1 aromatic rings. The number of hydrogen-bond acceptors (Lipinski definition) is 2. The van der Waals surface area contributed by atoms with Crippen molar-refractivity contribution in [1.82, 2.24) is 5.32 Å². The summed E-state index contributed by atoms with van der Waals surface area (Å²) < 4.78 is 19.5. The van der Waals surface area contributed by atoms with Crippen LogP contribution in [0.5, 0.6) is 0 Å². The summed E-state index contributed by atoms with van der Waals surface area (Å²) in [4.78, 5) is 0. The quantitative estimate of drug-likeness (QED) is 0.790. The SMILES string of the molecule is CC1CC(C)OC(c2ccccc2F)CN1. The van der Waals surface area contributed by atoms with Crippen molar-refractivity contribution in [2.24, 2.45) is 0 Å². The highest BCUT2D eigenvalue weighted by Crippen LogP contribution is 2.24. The number of halogens is 1. The van der Waals surface area contributed by atoms with Gasteiger partial charge in [-0.25, -0.2) is 4.39 Å². The van der Waals surface area contributed by atoms with E-state index in [4.69, 9.17) is 4.74 Å². The maximum Gasteiger partial charge on any atom is 0.129 e. The molecular weight excluding hydrogens is 205 g/mol. The number of nitrogens with one attached hydrogen (secondary N) is 1. The summed E-state index contributed by atoms with van der Waals surface area (Å²) >= 11 is 0. The molecule has 3 unspecified atom stereocenters. The molecule has 2 rings (SSSR count). The van der Waals surface area contributed by atoms with Gasteiger partial charge in [-0.05, 0) is 26.3 Å². The zero-order valence-electron chi connectivity index (χ0n) is 9.74. The zero-order chi connectivity index (χ0) is 11.5.